The molecular formula is C50H64N2O8P+. The zero-order valence-corrected chi connectivity index (χ0v) is 36.5. The number of hydrogen-bond acceptors (Lipinski definition) is 7. The van der Waals surface area contributed by atoms with E-state index < -0.39 is 13.9 Å². The van der Waals surface area contributed by atoms with E-state index >= 15 is 0 Å². The Bertz CT molecular complexity index is 2070. The van der Waals surface area contributed by atoms with Crippen LogP contribution >= 0.6 is 7.82 Å². The molecule has 326 valence electrons. The predicted molar refractivity (Wildman–Crippen MR) is 239 cm³/mol. The van der Waals surface area contributed by atoms with E-state index in [0.29, 0.717) is 24.2 Å². The fourth-order valence-electron chi connectivity index (χ4n) is 8.03. The summed E-state index contributed by atoms with van der Waals surface area (Å²) in [6.07, 6.45) is 16.0. The summed E-state index contributed by atoms with van der Waals surface area (Å²) in [6.45, 7) is 2.98. The van der Waals surface area contributed by atoms with E-state index in [1.807, 2.05) is 35.2 Å². The highest BCUT2D eigenvalue weighted by atomic mass is 31.2. The lowest BCUT2D eigenvalue weighted by Gasteiger charge is -2.21. The molecule has 0 amide bonds. The number of benzene rings is 4. The summed E-state index contributed by atoms with van der Waals surface area (Å²) >= 11 is 0. The lowest BCUT2D eigenvalue weighted by atomic mass is 9.86. The van der Waals surface area contributed by atoms with Crippen LogP contribution in [-0.2, 0) is 28.7 Å². The maximum Gasteiger partial charge on any atom is 0.524 e. The first-order valence-electron chi connectivity index (χ1n) is 22.0. The zero-order chi connectivity index (χ0) is 42.7. The second-order valence-corrected chi connectivity index (χ2v) is 17.3. The molecular weight excluding hydrogens is 788 g/mol. The van der Waals surface area contributed by atoms with Gasteiger partial charge >= 0.3 is 7.82 Å². The Morgan fingerprint density at radius 1 is 0.721 bits per heavy atom. The minimum absolute atomic E-state index is 0.0409. The Labute approximate surface area is 362 Å². The highest BCUT2D eigenvalue weighted by Crippen LogP contribution is 2.40. The Hall–Kier alpha value is -4.54. The number of methoxy groups -OCH3 is 1. The minimum atomic E-state index is -4.86. The van der Waals surface area contributed by atoms with E-state index in [1.165, 1.54) is 30.0 Å². The van der Waals surface area contributed by atoms with Crippen LogP contribution < -0.4 is 23.9 Å². The second-order valence-electron chi connectivity index (χ2n) is 16.1. The van der Waals surface area contributed by atoms with Crippen LogP contribution in [-0.4, -0.2) is 54.4 Å². The van der Waals surface area contributed by atoms with Gasteiger partial charge in [0.15, 0.2) is 30.4 Å². The Morgan fingerprint density at radius 3 is 2.11 bits per heavy atom. The number of unbranched alkanes of at least 4 members (excludes halogenated alkanes) is 4. The second kappa shape index (κ2) is 24.2. The Morgan fingerprint density at radius 2 is 1.39 bits per heavy atom. The summed E-state index contributed by atoms with van der Waals surface area (Å²) in [5.74, 6) is 1.64. The number of pyridine rings is 1. The van der Waals surface area contributed by atoms with Gasteiger partial charge in [0, 0.05) is 37.8 Å². The quantitative estimate of drug-likeness (QED) is 0.0244. The van der Waals surface area contributed by atoms with E-state index in [0.717, 1.165) is 107 Å². The number of ether oxygens (including phenoxy) is 3. The largest absolute Gasteiger partial charge is 0.524 e. The van der Waals surface area contributed by atoms with Crippen molar-refractivity contribution >= 4 is 7.82 Å². The van der Waals surface area contributed by atoms with Crippen LogP contribution in [0.25, 0.3) is 0 Å². The van der Waals surface area contributed by atoms with Gasteiger partial charge in [-0.05, 0) is 123 Å². The van der Waals surface area contributed by atoms with Gasteiger partial charge in [0.2, 0.25) is 0 Å². The summed E-state index contributed by atoms with van der Waals surface area (Å²) in [4.78, 5) is 19.5. The van der Waals surface area contributed by atoms with Crippen molar-refractivity contribution in [3.8, 4) is 17.2 Å². The van der Waals surface area contributed by atoms with Crippen LogP contribution in [0.4, 0.5) is 0 Å². The molecule has 10 nitrogen and oxygen atoms in total. The maximum atomic E-state index is 12.0. The molecule has 11 heteroatoms. The molecule has 0 bridgehead atoms. The first-order valence-corrected chi connectivity index (χ1v) is 23.5. The molecule has 0 spiro atoms. The van der Waals surface area contributed by atoms with Gasteiger partial charge in [-0.15, -0.1) is 0 Å². The molecule has 6 rings (SSSR count). The van der Waals surface area contributed by atoms with Gasteiger partial charge in [-0.1, -0.05) is 85.6 Å². The number of aliphatic hydroxyl groups excluding tert-OH is 1. The third-order valence-corrected chi connectivity index (χ3v) is 11.8. The molecule has 5 aromatic rings. The van der Waals surface area contributed by atoms with Crippen LogP contribution in [0.5, 0.6) is 17.2 Å². The number of aromatic nitrogens is 1. The van der Waals surface area contributed by atoms with Gasteiger partial charge in [0.1, 0.15) is 5.75 Å². The lowest BCUT2D eigenvalue weighted by Crippen LogP contribution is -2.33. The summed E-state index contributed by atoms with van der Waals surface area (Å²) in [5, 5.41) is 14.3. The molecule has 1 fully saturated rings. The predicted octanol–water partition coefficient (Wildman–Crippen LogP) is 9.42. The van der Waals surface area contributed by atoms with E-state index in [-0.39, 0.29) is 17.8 Å². The smallest absolute Gasteiger partial charge is 0.493 e. The zero-order valence-electron chi connectivity index (χ0n) is 35.6. The van der Waals surface area contributed by atoms with Crippen molar-refractivity contribution in [3.05, 3.63) is 155 Å². The molecule has 0 saturated heterocycles. The minimum Gasteiger partial charge on any atom is -0.493 e. The summed E-state index contributed by atoms with van der Waals surface area (Å²) < 4.78 is 37.1. The fraction of sp³-hybridized carbons (Fsp3) is 0.420. The molecule has 1 saturated carbocycles. The number of aliphatic hydroxyl groups is 1. The van der Waals surface area contributed by atoms with Gasteiger partial charge in [0.05, 0.1) is 24.9 Å². The van der Waals surface area contributed by atoms with Gasteiger partial charge in [-0.2, -0.15) is 0 Å². The van der Waals surface area contributed by atoms with E-state index in [9.17, 15) is 19.5 Å². The summed E-state index contributed by atoms with van der Waals surface area (Å²) in [7, 11) is -3.18. The number of nitrogens with one attached hydrogen (secondary N) is 1. The topological polar surface area (TPSA) is 131 Å². The van der Waals surface area contributed by atoms with Crippen LogP contribution in [0, 0.1) is 0 Å². The third kappa shape index (κ3) is 15.4. The van der Waals surface area contributed by atoms with E-state index in [1.54, 1.807) is 19.2 Å². The molecule has 1 aromatic heterocycles. The number of phosphoric acid groups is 1. The van der Waals surface area contributed by atoms with E-state index in [2.05, 4.69) is 78.1 Å². The van der Waals surface area contributed by atoms with Crippen molar-refractivity contribution < 1.29 is 42.8 Å². The molecule has 4 aromatic carbocycles. The van der Waals surface area contributed by atoms with Crippen molar-refractivity contribution in [2.75, 3.05) is 33.4 Å². The molecule has 4 N–H and O–H groups in total. The molecule has 1 heterocycles. The highest BCUT2D eigenvalue weighted by Gasteiger charge is 2.24. The molecule has 2 atom stereocenters. The Kier molecular flexibility index (Phi) is 18.2. The average Bonchev–Trinajstić information content (AvgIpc) is 3.79. The van der Waals surface area contributed by atoms with Gasteiger partial charge in [0.25, 0.3) is 0 Å². The van der Waals surface area contributed by atoms with E-state index in [4.69, 9.17) is 18.7 Å². The Balaban J connectivity index is 0.985. The summed E-state index contributed by atoms with van der Waals surface area (Å²) in [6, 6.07) is 36.5. The number of phosphoric ester groups is 1. The SMILES string of the molecule is COc1ccc([C@H](Cc2cc[n+](Cc3ccc(C(O)CNCCCCCCOCCCCc4ccccc4)cc3OP(=O)(O)O)cc2)c2ccccc2)cc1OC1CCCC1. The van der Waals surface area contributed by atoms with Gasteiger partial charge < -0.3 is 29.2 Å². The maximum absolute atomic E-state index is 12.0. The molecule has 61 heavy (non-hydrogen) atoms. The van der Waals surface area contributed by atoms with Crippen molar-refractivity contribution in [1.82, 2.24) is 5.32 Å². The lowest BCUT2D eigenvalue weighted by molar-refractivity contribution is -0.688. The molecule has 1 unspecified atom stereocenters. The monoisotopic (exact) mass is 851 g/mol. The van der Waals surface area contributed by atoms with Gasteiger partial charge in [-0.3, -0.25) is 9.79 Å². The van der Waals surface area contributed by atoms with Gasteiger partial charge in [-0.25, -0.2) is 9.13 Å². The van der Waals surface area contributed by atoms with Crippen LogP contribution in [0.1, 0.15) is 110 Å². The molecule has 1 aliphatic carbocycles. The average molecular weight is 852 g/mol. The third-order valence-electron chi connectivity index (χ3n) is 11.4. The van der Waals surface area contributed by atoms with Crippen LogP contribution in [0.2, 0.25) is 0 Å². The van der Waals surface area contributed by atoms with Crippen molar-refractivity contribution in [3.63, 3.8) is 0 Å². The summed E-state index contributed by atoms with van der Waals surface area (Å²) in [5.41, 5.74) is 5.95. The standard InChI is InChI=1S/C50H63N2O8P/c1-57-48-26-25-42(35-50(48)59-45-21-10-11-22-45)46(41-19-8-5-9-20-41)34-40-27-30-52(31-28-40)38-44-24-23-43(36-49(44)60-61(54,55)56)47(53)37-51-29-13-2-3-14-32-58-33-15-12-18-39-16-6-4-7-17-39/h4-9,16-17,19-20,23-28,30-31,35-36,45-47,51,53H,2-3,10-15,18,21-22,29,32-34,37-38H2,1H3,(H-,54,55,56)/p+1/t46-,47?/m1/s1. The van der Waals surface area contributed by atoms with Crippen LogP contribution in [0.15, 0.2) is 122 Å². The van der Waals surface area contributed by atoms with Crippen molar-refractivity contribution in [1.29, 1.82) is 0 Å². The first-order chi connectivity index (χ1) is 29.7. The fourth-order valence-corrected chi connectivity index (χ4v) is 8.46. The van der Waals surface area contributed by atoms with Crippen LogP contribution in [0.3, 0.4) is 0 Å². The van der Waals surface area contributed by atoms with Crippen molar-refractivity contribution in [2.24, 2.45) is 0 Å². The molecule has 0 radical (unpaired) electrons. The highest BCUT2D eigenvalue weighted by molar-refractivity contribution is 7.46. The number of rotatable bonds is 26. The van der Waals surface area contributed by atoms with Crippen molar-refractivity contribution in [2.45, 2.75) is 102 Å². The number of hydrogen-bond donors (Lipinski definition) is 4. The number of aryl methyl sites for hydroxylation is 1. The number of nitrogens with zero attached hydrogens (tertiary/aromatic N) is 1. The molecule has 1 aliphatic rings. The normalized spacial score (nSPS) is 14.2. The first kappa shape index (κ1) is 46.0. The molecule has 0 aliphatic heterocycles.